The largest absolute Gasteiger partial charge is 0.467 e. The number of nitriles is 1. The molecule has 0 unspecified atom stereocenters. The summed E-state index contributed by atoms with van der Waals surface area (Å²) < 4.78 is 10.4. The van der Waals surface area contributed by atoms with Crippen molar-refractivity contribution in [2.24, 2.45) is 0 Å². The van der Waals surface area contributed by atoms with Crippen LogP contribution in [0.3, 0.4) is 0 Å². The minimum Gasteiger partial charge on any atom is -0.467 e. The summed E-state index contributed by atoms with van der Waals surface area (Å²) >= 11 is 0. The third-order valence-corrected chi connectivity index (χ3v) is 9.82. The van der Waals surface area contributed by atoms with E-state index in [0.29, 0.717) is 36.3 Å². The molecule has 11 nitrogen and oxygen atoms in total. The fraction of sp³-hybridized carbons (Fsp3) is 0.255. The fourth-order valence-electron chi connectivity index (χ4n) is 6.93. The van der Waals surface area contributed by atoms with Crippen molar-refractivity contribution < 1.29 is 28.7 Å². The lowest BCUT2D eigenvalue weighted by molar-refractivity contribution is -0.145. The van der Waals surface area contributed by atoms with E-state index in [-0.39, 0.29) is 24.3 Å². The molecule has 1 saturated heterocycles. The Hall–Kier alpha value is -6.77. The molecule has 1 aliphatic rings. The van der Waals surface area contributed by atoms with Crippen LogP contribution in [-0.2, 0) is 32.0 Å². The quantitative estimate of drug-likeness (QED) is 0.110. The molecule has 0 radical (unpaired) electrons. The van der Waals surface area contributed by atoms with E-state index < -0.39 is 29.7 Å². The number of carbonyl (C=O) groups excluding carboxylic acids is 4. The van der Waals surface area contributed by atoms with E-state index in [9.17, 15) is 19.2 Å². The smallest absolute Gasteiger partial charge is 0.412 e. The van der Waals surface area contributed by atoms with Crippen LogP contribution in [0, 0.1) is 11.3 Å². The minimum atomic E-state index is -0.952. The van der Waals surface area contributed by atoms with Gasteiger partial charge in [-0.25, -0.2) is 9.59 Å². The summed E-state index contributed by atoms with van der Waals surface area (Å²) in [6.45, 7) is 6.15. The van der Waals surface area contributed by atoms with Crippen molar-refractivity contribution in [1.29, 1.82) is 5.26 Å². The molecule has 5 aromatic rings. The highest BCUT2D eigenvalue weighted by Crippen LogP contribution is 2.26. The van der Waals surface area contributed by atoms with Gasteiger partial charge < -0.3 is 20.1 Å². The Balaban J connectivity index is 1.16. The lowest BCUT2D eigenvalue weighted by atomic mass is 9.99. The molecular formula is C47H47N5O6. The first-order chi connectivity index (χ1) is 27.9. The zero-order valence-corrected chi connectivity index (χ0v) is 33.0. The van der Waals surface area contributed by atoms with Gasteiger partial charge in [-0.1, -0.05) is 91.0 Å². The SMILES string of the molecule is COC(=O)[C@H](Cc1ccc(-c2ccc(C#N)cc2)cc1)NC(=O)[C@@H]1C[C@H](NC(=O)c2ccc(NC(=O)OC(C)(C)C)cc2)CN1Cc1ccc(-c2ccccc2)cc1. The predicted octanol–water partition coefficient (Wildman–Crippen LogP) is 7.51. The molecule has 58 heavy (non-hydrogen) atoms. The highest BCUT2D eigenvalue weighted by atomic mass is 16.6. The van der Waals surface area contributed by atoms with Gasteiger partial charge in [-0.3, -0.25) is 19.8 Å². The summed E-state index contributed by atoms with van der Waals surface area (Å²) in [5.74, 6) is -1.24. The van der Waals surface area contributed by atoms with E-state index in [0.717, 1.165) is 33.4 Å². The Morgan fingerprint density at radius 3 is 1.91 bits per heavy atom. The monoisotopic (exact) mass is 777 g/mol. The molecule has 5 aromatic carbocycles. The summed E-state index contributed by atoms with van der Waals surface area (Å²) in [5, 5.41) is 17.9. The van der Waals surface area contributed by atoms with Crippen LogP contribution in [0.4, 0.5) is 10.5 Å². The molecular weight excluding hydrogens is 731 g/mol. The number of nitrogens with one attached hydrogen (secondary N) is 3. The van der Waals surface area contributed by atoms with Gasteiger partial charge in [0.15, 0.2) is 0 Å². The first-order valence-electron chi connectivity index (χ1n) is 19.1. The van der Waals surface area contributed by atoms with Crippen molar-refractivity contribution in [3.8, 4) is 28.3 Å². The van der Waals surface area contributed by atoms with Crippen LogP contribution in [0.1, 0.15) is 54.2 Å². The maximum Gasteiger partial charge on any atom is 0.412 e. The molecule has 0 aromatic heterocycles. The Morgan fingerprint density at radius 2 is 1.34 bits per heavy atom. The normalized spacial score (nSPS) is 15.7. The second kappa shape index (κ2) is 18.4. The number of methoxy groups -OCH3 is 1. The van der Waals surface area contributed by atoms with E-state index in [1.807, 2.05) is 71.6 Å². The maximum atomic E-state index is 14.2. The van der Waals surface area contributed by atoms with Gasteiger partial charge >= 0.3 is 12.1 Å². The van der Waals surface area contributed by atoms with Crippen LogP contribution in [0.25, 0.3) is 22.3 Å². The standard InChI is InChI=1S/C47H47N5O6/c1-47(2,3)58-46(56)50-39-24-22-38(23-25-39)43(53)49-40-27-42(52(30-40)29-33-14-20-35(21-15-33)34-8-6-5-7-9-34)44(54)51-41(45(55)57-4)26-31-10-16-36(17-11-31)37-18-12-32(28-48)13-19-37/h5-25,40-42H,26-27,29-30H2,1-4H3,(H,49,53)(H,50,56)(H,51,54)/t40-,41-,42-/m0/s1. The summed E-state index contributed by atoms with van der Waals surface area (Å²) in [6.07, 6.45) is -0.0779. The number of anilines is 1. The van der Waals surface area contributed by atoms with Gasteiger partial charge in [0.05, 0.1) is 24.8 Å². The van der Waals surface area contributed by atoms with Gasteiger partial charge in [0, 0.05) is 36.8 Å². The second-order valence-corrected chi connectivity index (χ2v) is 15.3. The number of esters is 1. The number of amides is 3. The van der Waals surface area contributed by atoms with Crippen molar-refractivity contribution in [3.63, 3.8) is 0 Å². The van der Waals surface area contributed by atoms with Crippen molar-refractivity contribution in [2.75, 3.05) is 19.0 Å². The fourth-order valence-corrected chi connectivity index (χ4v) is 6.93. The molecule has 0 spiro atoms. The Morgan fingerprint density at radius 1 is 0.776 bits per heavy atom. The lowest BCUT2D eigenvalue weighted by Crippen LogP contribution is -2.50. The molecule has 1 aliphatic heterocycles. The summed E-state index contributed by atoms with van der Waals surface area (Å²) in [6, 6.07) is 39.8. The Labute approximate surface area is 339 Å². The molecule has 6 rings (SSSR count). The average molecular weight is 778 g/mol. The first-order valence-corrected chi connectivity index (χ1v) is 19.1. The van der Waals surface area contributed by atoms with E-state index in [1.165, 1.54) is 7.11 Å². The maximum absolute atomic E-state index is 14.2. The molecule has 0 bridgehead atoms. The van der Waals surface area contributed by atoms with Gasteiger partial charge in [0.2, 0.25) is 5.91 Å². The van der Waals surface area contributed by atoms with Crippen molar-refractivity contribution in [3.05, 3.63) is 150 Å². The van der Waals surface area contributed by atoms with E-state index in [1.54, 1.807) is 57.2 Å². The Bertz CT molecular complexity index is 2250. The van der Waals surface area contributed by atoms with Crippen molar-refractivity contribution in [1.82, 2.24) is 15.5 Å². The molecule has 0 saturated carbocycles. The molecule has 1 heterocycles. The van der Waals surface area contributed by atoms with E-state index >= 15 is 0 Å². The highest BCUT2D eigenvalue weighted by Gasteiger charge is 2.39. The second-order valence-electron chi connectivity index (χ2n) is 15.3. The number of nitrogens with zero attached hydrogens (tertiary/aromatic N) is 2. The van der Waals surface area contributed by atoms with Crippen LogP contribution >= 0.6 is 0 Å². The van der Waals surface area contributed by atoms with E-state index in [4.69, 9.17) is 14.7 Å². The van der Waals surface area contributed by atoms with Gasteiger partial charge in [-0.05, 0) is 97.0 Å². The van der Waals surface area contributed by atoms with Crippen LogP contribution in [0.5, 0.6) is 0 Å². The molecule has 3 N–H and O–H groups in total. The number of likely N-dealkylation sites (tertiary alicyclic amines) is 1. The number of hydrogen-bond acceptors (Lipinski definition) is 8. The summed E-state index contributed by atoms with van der Waals surface area (Å²) in [4.78, 5) is 55.0. The van der Waals surface area contributed by atoms with Gasteiger partial charge in [-0.15, -0.1) is 0 Å². The minimum absolute atomic E-state index is 0.207. The van der Waals surface area contributed by atoms with Crippen LogP contribution in [0.2, 0.25) is 0 Å². The zero-order valence-electron chi connectivity index (χ0n) is 33.0. The number of hydrogen-bond donors (Lipinski definition) is 3. The van der Waals surface area contributed by atoms with E-state index in [2.05, 4.69) is 46.3 Å². The third-order valence-electron chi connectivity index (χ3n) is 9.82. The highest BCUT2D eigenvalue weighted by molar-refractivity contribution is 5.95. The van der Waals surface area contributed by atoms with Gasteiger partial charge in [-0.2, -0.15) is 5.26 Å². The van der Waals surface area contributed by atoms with Crippen LogP contribution in [0.15, 0.2) is 127 Å². The number of carbonyl (C=O) groups is 4. The zero-order chi connectivity index (χ0) is 41.2. The van der Waals surface area contributed by atoms with Crippen LogP contribution in [-0.4, -0.2) is 66.2 Å². The number of benzene rings is 5. The molecule has 3 amide bonds. The molecule has 296 valence electrons. The predicted molar refractivity (Wildman–Crippen MR) is 222 cm³/mol. The summed E-state index contributed by atoms with van der Waals surface area (Å²) in [5.41, 5.74) is 6.69. The average Bonchev–Trinajstić information content (AvgIpc) is 3.62. The topological polar surface area (TPSA) is 150 Å². The molecule has 0 aliphatic carbocycles. The van der Waals surface area contributed by atoms with Crippen molar-refractivity contribution >= 4 is 29.6 Å². The lowest BCUT2D eigenvalue weighted by Gasteiger charge is -2.26. The molecule has 3 atom stereocenters. The molecule has 1 fully saturated rings. The third kappa shape index (κ3) is 11.0. The van der Waals surface area contributed by atoms with Gasteiger partial charge in [0.25, 0.3) is 5.91 Å². The van der Waals surface area contributed by atoms with Crippen molar-refractivity contribution in [2.45, 2.75) is 63.9 Å². The van der Waals surface area contributed by atoms with Crippen LogP contribution < -0.4 is 16.0 Å². The Kier molecular flexibility index (Phi) is 13.0. The number of ether oxygens (including phenoxy) is 2. The summed E-state index contributed by atoms with van der Waals surface area (Å²) in [7, 11) is 1.29. The van der Waals surface area contributed by atoms with Gasteiger partial charge in [0.1, 0.15) is 11.6 Å². The number of rotatable bonds is 12. The molecule has 11 heteroatoms. The first kappa shape index (κ1) is 40.9.